The van der Waals surface area contributed by atoms with E-state index < -0.39 is 12.1 Å². The van der Waals surface area contributed by atoms with Crippen molar-refractivity contribution in [2.45, 2.75) is 366 Å². The Kier molecular flexibility index (Phi) is 61.0. The molecular weight excluding hydrogens is 899 g/mol. The summed E-state index contributed by atoms with van der Waals surface area (Å²) in [5, 5.41) is 23.2. The van der Waals surface area contributed by atoms with Crippen LogP contribution >= 0.6 is 0 Å². The number of carbonyl (C=O) groups excluding carboxylic acids is 2. The quantitative estimate of drug-likeness (QED) is 0.0320. The fourth-order valence-corrected chi connectivity index (χ4v) is 10.1. The fraction of sp³-hybridized carbons (Fsp3) is 0.881. The first kappa shape index (κ1) is 71.1. The zero-order valence-corrected chi connectivity index (χ0v) is 49.1. The molecule has 0 radical (unpaired) electrons. The van der Waals surface area contributed by atoms with E-state index in [-0.39, 0.29) is 18.5 Å². The molecule has 0 saturated heterocycles. The lowest BCUT2D eigenvalue weighted by atomic mass is 10.0. The van der Waals surface area contributed by atoms with Crippen LogP contribution in [0.3, 0.4) is 0 Å². The Bertz CT molecular complexity index is 1180. The van der Waals surface area contributed by atoms with Gasteiger partial charge in [0.1, 0.15) is 0 Å². The summed E-state index contributed by atoms with van der Waals surface area (Å²) in [6, 6.07) is -0.629. The second-order valence-electron chi connectivity index (χ2n) is 22.5. The molecule has 0 heterocycles. The lowest BCUT2D eigenvalue weighted by molar-refractivity contribution is -0.143. The third-order valence-electron chi connectivity index (χ3n) is 15.2. The summed E-state index contributed by atoms with van der Waals surface area (Å²) in [6.07, 6.45) is 79.1. The van der Waals surface area contributed by atoms with Gasteiger partial charge in [0, 0.05) is 12.8 Å². The van der Waals surface area contributed by atoms with Crippen LogP contribution in [0.15, 0.2) is 36.5 Å². The van der Waals surface area contributed by atoms with Crippen LogP contribution in [0.5, 0.6) is 0 Å². The van der Waals surface area contributed by atoms with Crippen molar-refractivity contribution in [1.82, 2.24) is 5.32 Å². The summed E-state index contributed by atoms with van der Waals surface area (Å²) < 4.78 is 5.48. The number of allylic oxidation sites excluding steroid dienone is 5. The minimum atomic E-state index is -0.846. The average Bonchev–Trinajstić information content (AvgIpc) is 3.39. The lowest BCUT2D eigenvalue weighted by Gasteiger charge is -2.20. The van der Waals surface area contributed by atoms with Crippen LogP contribution < -0.4 is 5.32 Å². The first-order chi connectivity index (χ1) is 36.0. The van der Waals surface area contributed by atoms with Gasteiger partial charge in [-0.2, -0.15) is 0 Å². The molecule has 6 heteroatoms. The van der Waals surface area contributed by atoms with Crippen molar-refractivity contribution in [1.29, 1.82) is 0 Å². The Labute approximate surface area is 455 Å². The van der Waals surface area contributed by atoms with Crippen molar-refractivity contribution in [3.63, 3.8) is 0 Å². The van der Waals surface area contributed by atoms with Crippen molar-refractivity contribution < 1.29 is 24.5 Å². The highest BCUT2D eigenvalue weighted by Gasteiger charge is 2.18. The molecule has 2 unspecified atom stereocenters. The minimum Gasteiger partial charge on any atom is -0.466 e. The SMILES string of the molecule is CCCCC/C=C\C/C=C\CCCCCCCC(=O)OCCCCCCCCCCCCCCCCCCCCCCCCC(=O)NC(CO)C(O)/C=C/CCCCCCCCCCCCCCCCCCC. The van der Waals surface area contributed by atoms with E-state index in [1.165, 1.54) is 276 Å². The van der Waals surface area contributed by atoms with E-state index >= 15 is 0 Å². The molecule has 1 amide bonds. The highest BCUT2D eigenvalue weighted by molar-refractivity contribution is 5.76. The van der Waals surface area contributed by atoms with Crippen LogP contribution in [0.4, 0.5) is 0 Å². The number of rotatable bonds is 61. The maximum atomic E-state index is 12.5. The molecule has 73 heavy (non-hydrogen) atoms. The molecule has 0 rings (SSSR count). The Hall–Kier alpha value is -1.92. The number of hydrogen-bond acceptors (Lipinski definition) is 5. The van der Waals surface area contributed by atoms with Gasteiger partial charge in [-0.25, -0.2) is 0 Å². The van der Waals surface area contributed by atoms with Crippen LogP contribution in [0, 0.1) is 0 Å². The Balaban J connectivity index is 3.41. The topological polar surface area (TPSA) is 95.9 Å². The van der Waals surface area contributed by atoms with Gasteiger partial charge < -0.3 is 20.3 Å². The number of carbonyl (C=O) groups is 2. The van der Waals surface area contributed by atoms with E-state index in [1.54, 1.807) is 6.08 Å². The van der Waals surface area contributed by atoms with Crippen LogP contribution in [0.25, 0.3) is 0 Å². The Morgan fingerprint density at radius 2 is 0.685 bits per heavy atom. The molecule has 0 spiro atoms. The van der Waals surface area contributed by atoms with E-state index in [0.29, 0.717) is 19.4 Å². The smallest absolute Gasteiger partial charge is 0.305 e. The number of nitrogens with one attached hydrogen (secondary N) is 1. The van der Waals surface area contributed by atoms with Crippen molar-refractivity contribution >= 4 is 11.9 Å². The minimum absolute atomic E-state index is 0.00104. The number of hydrogen-bond donors (Lipinski definition) is 3. The largest absolute Gasteiger partial charge is 0.466 e. The number of unbranched alkanes of at least 4 members (excludes halogenated alkanes) is 46. The van der Waals surface area contributed by atoms with Crippen LogP contribution in [0.2, 0.25) is 0 Å². The van der Waals surface area contributed by atoms with Gasteiger partial charge in [-0.3, -0.25) is 9.59 Å². The molecule has 2 atom stereocenters. The fourth-order valence-electron chi connectivity index (χ4n) is 10.1. The van der Waals surface area contributed by atoms with E-state index in [0.717, 1.165) is 51.4 Å². The summed E-state index contributed by atoms with van der Waals surface area (Å²) in [5.74, 6) is -0.0667. The van der Waals surface area contributed by atoms with Gasteiger partial charge in [0.05, 0.1) is 25.4 Å². The molecule has 0 aliphatic carbocycles. The predicted molar refractivity (Wildman–Crippen MR) is 319 cm³/mol. The molecule has 3 N–H and O–H groups in total. The molecule has 0 aromatic rings. The molecule has 0 aliphatic heterocycles. The van der Waals surface area contributed by atoms with Gasteiger partial charge in [0.15, 0.2) is 0 Å². The number of amides is 1. The van der Waals surface area contributed by atoms with Crippen molar-refractivity contribution in [2.24, 2.45) is 0 Å². The molecular formula is C67H127NO5. The van der Waals surface area contributed by atoms with Crippen LogP contribution in [0.1, 0.15) is 354 Å². The van der Waals surface area contributed by atoms with E-state index in [1.807, 2.05) is 6.08 Å². The third kappa shape index (κ3) is 59.2. The van der Waals surface area contributed by atoms with Crippen LogP contribution in [-0.2, 0) is 14.3 Å². The molecule has 430 valence electrons. The average molecular weight is 1030 g/mol. The molecule has 0 saturated carbocycles. The second-order valence-corrected chi connectivity index (χ2v) is 22.5. The standard InChI is InChI=1S/C67H127NO5/c1-3-5-7-9-11-13-15-17-19-20-25-28-32-35-39-43-47-51-55-59-65(70)64(63-69)68-66(71)60-56-52-48-44-40-36-33-29-26-23-21-22-24-27-30-34-38-42-46-50-54-58-62-73-67(72)61-57-53-49-45-41-37-31-18-16-14-12-10-8-6-4-2/h12,14,18,31,55,59,64-65,69-70H,3-11,13,15-17,19-30,32-54,56-58,60-63H2,1-2H3,(H,68,71)/b14-12-,31-18-,59-55+. The monoisotopic (exact) mass is 1030 g/mol. The van der Waals surface area contributed by atoms with Crippen molar-refractivity contribution in [3.8, 4) is 0 Å². The third-order valence-corrected chi connectivity index (χ3v) is 15.2. The van der Waals surface area contributed by atoms with E-state index in [4.69, 9.17) is 4.74 Å². The van der Waals surface area contributed by atoms with Gasteiger partial charge in [-0.05, 0) is 64.2 Å². The molecule has 0 aromatic carbocycles. The first-order valence-corrected chi connectivity index (χ1v) is 32.8. The summed E-state index contributed by atoms with van der Waals surface area (Å²) in [4.78, 5) is 24.6. The number of esters is 1. The van der Waals surface area contributed by atoms with E-state index in [2.05, 4.69) is 43.5 Å². The molecule has 6 nitrogen and oxygen atoms in total. The van der Waals surface area contributed by atoms with Crippen molar-refractivity contribution in [3.05, 3.63) is 36.5 Å². The normalized spacial score (nSPS) is 12.8. The summed E-state index contributed by atoms with van der Waals surface area (Å²) in [7, 11) is 0. The van der Waals surface area contributed by atoms with Gasteiger partial charge in [0.2, 0.25) is 5.91 Å². The second kappa shape index (κ2) is 62.6. The highest BCUT2D eigenvalue weighted by atomic mass is 16.5. The maximum absolute atomic E-state index is 12.5. The predicted octanol–water partition coefficient (Wildman–Crippen LogP) is 20.8. The first-order valence-electron chi connectivity index (χ1n) is 32.8. The van der Waals surface area contributed by atoms with Gasteiger partial charge in [0.25, 0.3) is 0 Å². The summed E-state index contributed by atoms with van der Waals surface area (Å²) in [5.41, 5.74) is 0. The lowest BCUT2D eigenvalue weighted by Crippen LogP contribution is -2.45. The van der Waals surface area contributed by atoms with Gasteiger partial charge in [-0.1, -0.05) is 314 Å². The van der Waals surface area contributed by atoms with Gasteiger partial charge in [-0.15, -0.1) is 0 Å². The van der Waals surface area contributed by atoms with Crippen molar-refractivity contribution in [2.75, 3.05) is 13.2 Å². The van der Waals surface area contributed by atoms with Gasteiger partial charge >= 0.3 is 5.97 Å². The summed E-state index contributed by atoms with van der Waals surface area (Å²) in [6.45, 7) is 4.89. The number of aliphatic hydroxyl groups excluding tert-OH is 2. The van der Waals surface area contributed by atoms with E-state index in [9.17, 15) is 19.8 Å². The zero-order valence-electron chi connectivity index (χ0n) is 49.1. The maximum Gasteiger partial charge on any atom is 0.305 e. The molecule has 0 bridgehead atoms. The number of aliphatic hydroxyl groups is 2. The number of ether oxygens (including phenoxy) is 1. The zero-order chi connectivity index (χ0) is 52.9. The van der Waals surface area contributed by atoms with Crippen LogP contribution in [-0.4, -0.2) is 47.4 Å². The molecule has 0 fully saturated rings. The molecule has 0 aromatic heterocycles. The Morgan fingerprint density at radius 3 is 1.07 bits per heavy atom. The highest BCUT2D eigenvalue weighted by Crippen LogP contribution is 2.18. The summed E-state index contributed by atoms with van der Waals surface area (Å²) >= 11 is 0. The Morgan fingerprint density at radius 1 is 0.384 bits per heavy atom. The molecule has 0 aliphatic rings.